The summed E-state index contributed by atoms with van der Waals surface area (Å²) in [6.07, 6.45) is 3.32. The molecule has 1 aliphatic heterocycles. The number of nitrogens with one attached hydrogen (secondary N) is 1. The van der Waals surface area contributed by atoms with Crippen LogP contribution in [-0.2, 0) is 14.8 Å². The van der Waals surface area contributed by atoms with E-state index in [0.717, 1.165) is 17.7 Å². The smallest absolute Gasteiger partial charge is 0.322 e. The predicted octanol–water partition coefficient (Wildman–Crippen LogP) is 1.22. The summed E-state index contributed by atoms with van der Waals surface area (Å²) in [5, 5.41) is 20.8. The van der Waals surface area contributed by atoms with E-state index in [1.165, 1.54) is 28.7 Å². The zero-order chi connectivity index (χ0) is 21.9. The highest BCUT2D eigenvalue weighted by atomic mass is 32.2. The number of aliphatic carboxylic acids is 1. The lowest BCUT2D eigenvalue weighted by molar-refractivity contribution is -0.135. The lowest BCUT2D eigenvalue weighted by atomic mass is 10.0. The van der Waals surface area contributed by atoms with Gasteiger partial charge < -0.3 is 15.5 Å². The van der Waals surface area contributed by atoms with Gasteiger partial charge in [0.05, 0.1) is 4.90 Å². The van der Waals surface area contributed by atoms with Crippen molar-refractivity contribution < 1.29 is 32.6 Å². The molecule has 9 nitrogen and oxygen atoms in total. The van der Waals surface area contributed by atoms with Gasteiger partial charge in [-0.1, -0.05) is 12.1 Å². The van der Waals surface area contributed by atoms with Gasteiger partial charge in [-0.05, 0) is 41.8 Å². The molecule has 0 aliphatic carbocycles. The zero-order valence-corrected chi connectivity index (χ0v) is 16.4. The van der Waals surface area contributed by atoms with Gasteiger partial charge in [-0.2, -0.15) is 4.31 Å². The maximum Gasteiger partial charge on any atom is 0.322 e. The van der Waals surface area contributed by atoms with E-state index in [2.05, 4.69) is 10.3 Å². The van der Waals surface area contributed by atoms with Gasteiger partial charge in [-0.25, -0.2) is 17.8 Å². The molecule has 0 radical (unpaired) electrons. The van der Waals surface area contributed by atoms with Gasteiger partial charge in [0.25, 0.3) is 5.91 Å². The van der Waals surface area contributed by atoms with Crippen molar-refractivity contribution in [2.75, 3.05) is 19.6 Å². The third-order valence-corrected chi connectivity index (χ3v) is 6.32. The molecule has 2 heterocycles. The Labute approximate surface area is 171 Å². The lowest BCUT2D eigenvalue weighted by Gasteiger charge is -2.26. The molecule has 0 saturated carbocycles. The average Bonchev–Trinajstić information content (AvgIpc) is 2.72. The van der Waals surface area contributed by atoms with Crippen molar-refractivity contribution in [2.45, 2.75) is 11.3 Å². The Bertz CT molecular complexity index is 1130. The number of pyridine rings is 1. The van der Waals surface area contributed by atoms with E-state index < -0.39 is 40.0 Å². The average molecular weight is 435 g/mol. The number of sulfonamides is 1. The molecule has 0 fully saturated rings. The fourth-order valence-corrected chi connectivity index (χ4v) is 4.36. The Morgan fingerprint density at radius 2 is 2.03 bits per heavy atom. The second kappa shape index (κ2) is 8.59. The number of carbonyl (C=O) groups is 2. The molecule has 0 saturated heterocycles. The number of halogens is 1. The number of aromatic nitrogens is 1. The number of aromatic hydroxyl groups is 1. The van der Waals surface area contributed by atoms with E-state index in [1.54, 1.807) is 6.08 Å². The van der Waals surface area contributed by atoms with Crippen LogP contribution in [0.3, 0.4) is 0 Å². The number of nitrogens with zero attached hydrogens (tertiary/aromatic N) is 2. The van der Waals surface area contributed by atoms with E-state index in [0.29, 0.717) is 12.0 Å². The first-order valence-corrected chi connectivity index (χ1v) is 10.3. The van der Waals surface area contributed by atoms with Crippen LogP contribution in [0.15, 0.2) is 47.5 Å². The summed E-state index contributed by atoms with van der Waals surface area (Å²) in [7, 11) is -3.85. The Kier molecular flexibility index (Phi) is 6.13. The van der Waals surface area contributed by atoms with Crippen LogP contribution in [0, 0.1) is 5.82 Å². The minimum Gasteiger partial charge on any atom is -0.505 e. The molecule has 0 atom stereocenters. The number of hydrogen-bond acceptors (Lipinski definition) is 6. The van der Waals surface area contributed by atoms with Gasteiger partial charge in [0, 0.05) is 19.3 Å². The second-order valence-corrected chi connectivity index (χ2v) is 8.41. The van der Waals surface area contributed by atoms with Crippen molar-refractivity contribution in [1.29, 1.82) is 0 Å². The first kappa shape index (κ1) is 21.4. The molecular weight excluding hydrogens is 417 g/mol. The van der Waals surface area contributed by atoms with Crippen LogP contribution in [0.5, 0.6) is 5.75 Å². The predicted molar refractivity (Wildman–Crippen MR) is 104 cm³/mol. The van der Waals surface area contributed by atoms with Gasteiger partial charge in [-0.15, -0.1) is 0 Å². The highest BCUT2D eigenvalue weighted by Crippen LogP contribution is 2.28. The molecule has 3 rings (SSSR count). The molecule has 1 aromatic heterocycles. The van der Waals surface area contributed by atoms with Crippen molar-refractivity contribution in [3.63, 3.8) is 0 Å². The van der Waals surface area contributed by atoms with Crippen LogP contribution in [0.4, 0.5) is 4.39 Å². The first-order valence-electron chi connectivity index (χ1n) is 8.82. The van der Waals surface area contributed by atoms with E-state index in [1.807, 2.05) is 0 Å². The van der Waals surface area contributed by atoms with Crippen LogP contribution in [-0.4, -0.2) is 59.4 Å². The number of carboxylic acid groups (broad SMARTS) is 1. The largest absolute Gasteiger partial charge is 0.505 e. The van der Waals surface area contributed by atoms with Crippen molar-refractivity contribution in [3.8, 4) is 5.75 Å². The Morgan fingerprint density at radius 3 is 2.63 bits per heavy atom. The summed E-state index contributed by atoms with van der Waals surface area (Å²) in [5.41, 5.74) is 0.915. The van der Waals surface area contributed by atoms with E-state index in [4.69, 9.17) is 5.11 Å². The maximum absolute atomic E-state index is 13.4. The monoisotopic (exact) mass is 435 g/mol. The molecule has 0 bridgehead atoms. The summed E-state index contributed by atoms with van der Waals surface area (Å²) in [5.74, 6) is -3.12. The summed E-state index contributed by atoms with van der Waals surface area (Å²) in [4.78, 5) is 26.1. The lowest BCUT2D eigenvalue weighted by Crippen LogP contribution is -2.34. The molecule has 3 N–H and O–H groups in total. The van der Waals surface area contributed by atoms with Crippen LogP contribution >= 0.6 is 0 Å². The summed E-state index contributed by atoms with van der Waals surface area (Å²) in [6.45, 7) is -0.412. The summed E-state index contributed by atoms with van der Waals surface area (Å²) < 4.78 is 39.9. The van der Waals surface area contributed by atoms with E-state index in [-0.39, 0.29) is 23.7 Å². The van der Waals surface area contributed by atoms with Gasteiger partial charge in [-0.3, -0.25) is 9.59 Å². The normalized spacial score (nSPS) is 14.8. The third-order valence-electron chi connectivity index (χ3n) is 4.46. The van der Waals surface area contributed by atoms with Gasteiger partial charge >= 0.3 is 5.97 Å². The molecule has 11 heteroatoms. The van der Waals surface area contributed by atoms with Crippen LogP contribution in [0.1, 0.15) is 22.5 Å². The number of rotatable bonds is 6. The summed E-state index contributed by atoms with van der Waals surface area (Å²) >= 11 is 0. The van der Waals surface area contributed by atoms with Crippen LogP contribution in [0.25, 0.3) is 5.57 Å². The van der Waals surface area contributed by atoms with Gasteiger partial charge in [0.1, 0.15) is 18.1 Å². The molecular formula is C19H18FN3O6S. The number of benzene rings is 1. The van der Waals surface area contributed by atoms with Crippen LogP contribution < -0.4 is 5.32 Å². The number of amides is 1. The standard InChI is InChI=1S/C19H18FN3O6S/c20-14-2-1-3-15(9-14)30(28,29)23-6-4-12(5-7-23)13-8-16(24)18(21-10-13)19(27)22-11-17(25)26/h1-4,8-10,24H,5-7,11H2,(H,22,27)(H,25,26). The molecule has 30 heavy (non-hydrogen) atoms. The van der Waals surface area contributed by atoms with Crippen LogP contribution in [0.2, 0.25) is 0 Å². The molecule has 1 amide bonds. The fourth-order valence-electron chi connectivity index (χ4n) is 2.95. The minimum absolute atomic E-state index is 0.0514. The Balaban J connectivity index is 1.74. The first-order chi connectivity index (χ1) is 14.2. The SMILES string of the molecule is O=C(O)CNC(=O)c1ncc(C2=CCN(S(=O)(=O)c3cccc(F)c3)CC2)cc1O. The molecule has 1 aliphatic rings. The molecule has 1 aromatic carbocycles. The molecule has 0 spiro atoms. The Hall–Kier alpha value is -3.31. The summed E-state index contributed by atoms with van der Waals surface area (Å²) in [6, 6.07) is 6.10. The fraction of sp³-hybridized carbons (Fsp3) is 0.211. The zero-order valence-electron chi connectivity index (χ0n) is 15.6. The number of carboxylic acids is 1. The number of hydrogen-bond donors (Lipinski definition) is 3. The Morgan fingerprint density at radius 1 is 1.27 bits per heavy atom. The number of carbonyl (C=O) groups excluding carboxylic acids is 1. The van der Waals surface area contributed by atoms with Crippen molar-refractivity contribution in [2.24, 2.45) is 0 Å². The molecule has 158 valence electrons. The highest BCUT2D eigenvalue weighted by molar-refractivity contribution is 7.89. The van der Waals surface area contributed by atoms with E-state index >= 15 is 0 Å². The topological polar surface area (TPSA) is 137 Å². The highest BCUT2D eigenvalue weighted by Gasteiger charge is 2.27. The third kappa shape index (κ3) is 4.63. The molecule has 2 aromatic rings. The van der Waals surface area contributed by atoms with E-state index in [9.17, 15) is 27.5 Å². The van der Waals surface area contributed by atoms with Gasteiger partial charge in [0.15, 0.2) is 5.69 Å². The quantitative estimate of drug-likeness (QED) is 0.620. The van der Waals surface area contributed by atoms with Gasteiger partial charge in [0.2, 0.25) is 10.0 Å². The minimum atomic E-state index is -3.85. The van der Waals surface area contributed by atoms with Crippen molar-refractivity contribution in [3.05, 3.63) is 59.7 Å². The van der Waals surface area contributed by atoms with Crippen molar-refractivity contribution >= 4 is 27.5 Å². The molecule has 0 unspecified atom stereocenters. The maximum atomic E-state index is 13.4. The van der Waals surface area contributed by atoms with Crippen molar-refractivity contribution in [1.82, 2.24) is 14.6 Å². The second-order valence-electron chi connectivity index (χ2n) is 6.47.